The van der Waals surface area contributed by atoms with E-state index in [9.17, 15) is 8.42 Å². The number of aryl methyl sites for hydroxylation is 1. The Hall–Kier alpha value is -1.86. The third kappa shape index (κ3) is 3.58. The van der Waals surface area contributed by atoms with Gasteiger partial charge in [-0.1, -0.05) is 6.92 Å². The van der Waals surface area contributed by atoms with E-state index < -0.39 is 10.0 Å². The molecule has 2 N–H and O–H groups in total. The second kappa shape index (κ2) is 6.06. The Morgan fingerprint density at radius 1 is 1.30 bits per heavy atom. The van der Waals surface area contributed by atoms with Crippen molar-refractivity contribution in [3.63, 3.8) is 0 Å². The number of rotatable bonds is 6. The summed E-state index contributed by atoms with van der Waals surface area (Å²) in [7, 11) is -3.72. The first kappa shape index (κ1) is 14.5. The first-order valence-electron chi connectivity index (χ1n) is 6.25. The van der Waals surface area contributed by atoms with Crippen LogP contribution >= 0.6 is 0 Å². The Kier molecular flexibility index (Phi) is 4.41. The van der Waals surface area contributed by atoms with Crippen LogP contribution in [-0.4, -0.2) is 19.9 Å². The largest absolute Gasteiger partial charge is 0.446 e. The lowest BCUT2D eigenvalue weighted by molar-refractivity contribution is 0.405. The van der Waals surface area contributed by atoms with Gasteiger partial charge in [-0.05, 0) is 37.2 Å². The smallest absolute Gasteiger partial charge is 0.295 e. The molecule has 0 aromatic carbocycles. The maximum Gasteiger partial charge on any atom is 0.295 e. The SMILES string of the molecule is CCNCc1ccc(S(=O)(=O)Nc2cncc(C)c2)o1. The fraction of sp³-hybridized carbons (Fsp3) is 0.308. The van der Waals surface area contributed by atoms with Gasteiger partial charge in [-0.15, -0.1) is 0 Å². The summed E-state index contributed by atoms with van der Waals surface area (Å²) < 4.78 is 32.1. The quantitative estimate of drug-likeness (QED) is 0.850. The van der Waals surface area contributed by atoms with Gasteiger partial charge in [-0.25, -0.2) is 0 Å². The van der Waals surface area contributed by atoms with Crippen LogP contribution in [0.1, 0.15) is 18.2 Å². The van der Waals surface area contributed by atoms with Crippen molar-refractivity contribution in [2.24, 2.45) is 0 Å². The van der Waals surface area contributed by atoms with Crippen molar-refractivity contribution in [3.05, 3.63) is 41.9 Å². The van der Waals surface area contributed by atoms with Gasteiger partial charge in [0, 0.05) is 6.20 Å². The average molecular weight is 295 g/mol. The highest BCUT2D eigenvalue weighted by Gasteiger charge is 2.19. The Balaban J connectivity index is 2.16. The Morgan fingerprint density at radius 2 is 2.10 bits per heavy atom. The van der Waals surface area contributed by atoms with Crippen LogP contribution in [-0.2, 0) is 16.6 Å². The van der Waals surface area contributed by atoms with E-state index in [2.05, 4.69) is 15.0 Å². The van der Waals surface area contributed by atoms with Gasteiger partial charge in [0.25, 0.3) is 10.0 Å². The van der Waals surface area contributed by atoms with E-state index in [1.54, 1.807) is 18.3 Å². The fourth-order valence-corrected chi connectivity index (χ4v) is 2.65. The highest BCUT2D eigenvalue weighted by molar-refractivity contribution is 7.92. The Labute approximate surface area is 118 Å². The fourth-order valence-electron chi connectivity index (χ4n) is 1.66. The number of hydrogen-bond donors (Lipinski definition) is 2. The van der Waals surface area contributed by atoms with Gasteiger partial charge in [0.1, 0.15) is 5.76 Å². The zero-order valence-electron chi connectivity index (χ0n) is 11.4. The Morgan fingerprint density at radius 3 is 2.80 bits per heavy atom. The first-order chi connectivity index (χ1) is 9.51. The molecule has 2 aromatic heterocycles. The Bertz CT molecular complexity index is 680. The molecule has 0 atom stereocenters. The molecule has 0 bridgehead atoms. The predicted molar refractivity (Wildman–Crippen MR) is 75.9 cm³/mol. The van der Waals surface area contributed by atoms with Crippen LogP contribution in [0.25, 0.3) is 0 Å². The minimum absolute atomic E-state index is 0.105. The van der Waals surface area contributed by atoms with Gasteiger partial charge in [0.15, 0.2) is 0 Å². The van der Waals surface area contributed by atoms with Gasteiger partial charge < -0.3 is 9.73 Å². The molecule has 0 unspecified atom stereocenters. The van der Waals surface area contributed by atoms with Crippen molar-refractivity contribution in [1.82, 2.24) is 10.3 Å². The molecule has 0 aliphatic heterocycles. The molecule has 7 heteroatoms. The molecule has 2 aromatic rings. The molecule has 0 aliphatic carbocycles. The normalized spacial score (nSPS) is 11.5. The minimum atomic E-state index is -3.72. The van der Waals surface area contributed by atoms with E-state index in [1.807, 2.05) is 13.8 Å². The van der Waals surface area contributed by atoms with Crippen LogP contribution in [0.2, 0.25) is 0 Å². The summed E-state index contributed by atoms with van der Waals surface area (Å²) in [5.41, 5.74) is 1.28. The molecule has 0 fully saturated rings. The van der Waals surface area contributed by atoms with E-state index in [0.29, 0.717) is 18.0 Å². The summed E-state index contributed by atoms with van der Waals surface area (Å²) in [5, 5.41) is 2.96. The standard InChI is InChI=1S/C13H17N3O3S/c1-3-14-9-12-4-5-13(19-12)20(17,18)16-11-6-10(2)7-15-8-11/h4-8,14,16H,3,9H2,1-2H3. The highest BCUT2D eigenvalue weighted by Crippen LogP contribution is 2.18. The molecule has 2 heterocycles. The van der Waals surface area contributed by atoms with Crippen LogP contribution in [0.15, 0.2) is 40.1 Å². The van der Waals surface area contributed by atoms with E-state index in [1.165, 1.54) is 12.3 Å². The molecular weight excluding hydrogens is 278 g/mol. The summed E-state index contributed by atoms with van der Waals surface area (Å²) in [6, 6.07) is 4.79. The van der Waals surface area contributed by atoms with Gasteiger partial charge in [0.2, 0.25) is 5.09 Å². The lowest BCUT2D eigenvalue weighted by Crippen LogP contribution is -2.13. The predicted octanol–water partition coefficient (Wildman–Crippen LogP) is 1.89. The molecule has 2 rings (SSSR count). The van der Waals surface area contributed by atoms with Crippen LogP contribution in [0.4, 0.5) is 5.69 Å². The molecule has 0 saturated heterocycles. The summed E-state index contributed by atoms with van der Waals surface area (Å²) in [6.07, 6.45) is 3.10. The average Bonchev–Trinajstić information content (AvgIpc) is 2.85. The van der Waals surface area contributed by atoms with E-state index >= 15 is 0 Å². The van der Waals surface area contributed by atoms with Gasteiger partial charge in [0.05, 0.1) is 18.4 Å². The maximum atomic E-state index is 12.1. The van der Waals surface area contributed by atoms with Crippen LogP contribution in [0, 0.1) is 6.92 Å². The van der Waals surface area contributed by atoms with E-state index in [4.69, 9.17) is 4.42 Å². The van der Waals surface area contributed by atoms with Gasteiger partial charge in [-0.3, -0.25) is 9.71 Å². The molecular formula is C13H17N3O3S. The van der Waals surface area contributed by atoms with Crippen molar-refractivity contribution < 1.29 is 12.8 Å². The lowest BCUT2D eigenvalue weighted by Gasteiger charge is -2.05. The van der Waals surface area contributed by atoms with Gasteiger partial charge >= 0.3 is 0 Å². The van der Waals surface area contributed by atoms with Crippen LogP contribution < -0.4 is 10.0 Å². The summed E-state index contributed by atoms with van der Waals surface area (Å²) in [6.45, 7) is 5.09. The number of sulfonamides is 1. The first-order valence-corrected chi connectivity index (χ1v) is 7.73. The molecule has 0 spiro atoms. The number of nitrogens with zero attached hydrogens (tertiary/aromatic N) is 1. The minimum Gasteiger partial charge on any atom is -0.446 e. The third-order valence-electron chi connectivity index (χ3n) is 2.58. The van der Waals surface area contributed by atoms with E-state index in [-0.39, 0.29) is 5.09 Å². The third-order valence-corrected chi connectivity index (χ3v) is 3.83. The maximum absolute atomic E-state index is 12.1. The molecule has 0 aliphatic rings. The van der Waals surface area contributed by atoms with Crippen molar-refractivity contribution in [1.29, 1.82) is 0 Å². The molecule has 0 radical (unpaired) electrons. The topological polar surface area (TPSA) is 84.2 Å². The molecule has 0 saturated carbocycles. The summed E-state index contributed by atoms with van der Waals surface area (Å²) in [5.74, 6) is 0.578. The number of anilines is 1. The summed E-state index contributed by atoms with van der Waals surface area (Å²) in [4.78, 5) is 3.94. The highest BCUT2D eigenvalue weighted by atomic mass is 32.2. The monoisotopic (exact) mass is 295 g/mol. The second-order valence-electron chi connectivity index (χ2n) is 4.36. The van der Waals surface area contributed by atoms with Crippen molar-refractivity contribution in [2.45, 2.75) is 25.5 Å². The zero-order chi connectivity index (χ0) is 14.6. The van der Waals surface area contributed by atoms with E-state index in [0.717, 1.165) is 12.1 Å². The molecule has 0 amide bonds. The van der Waals surface area contributed by atoms with Gasteiger partial charge in [-0.2, -0.15) is 8.42 Å². The van der Waals surface area contributed by atoms with Crippen molar-refractivity contribution >= 4 is 15.7 Å². The molecule has 108 valence electrons. The van der Waals surface area contributed by atoms with Crippen LogP contribution in [0.3, 0.4) is 0 Å². The number of furan rings is 1. The molecule has 6 nitrogen and oxygen atoms in total. The number of aromatic nitrogens is 1. The van der Waals surface area contributed by atoms with Crippen LogP contribution in [0.5, 0.6) is 0 Å². The van der Waals surface area contributed by atoms with Crippen molar-refractivity contribution in [3.8, 4) is 0 Å². The molecule has 20 heavy (non-hydrogen) atoms. The lowest BCUT2D eigenvalue weighted by atomic mass is 10.3. The number of pyridine rings is 1. The number of hydrogen-bond acceptors (Lipinski definition) is 5. The number of nitrogens with one attached hydrogen (secondary N) is 2. The summed E-state index contributed by atoms with van der Waals surface area (Å²) >= 11 is 0. The van der Waals surface area contributed by atoms with Crippen molar-refractivity contribution in [2.75, 3.05) is 11.3 Å². The second-order valence-corrected chi connectivity index (χ2v) is 5.97. The zero-order valence-corrected chi connectivity index (χ0v) is 12.2.